The van der Waals surface area contributed by atoms with Crippen molar-refractivity contribution in [3.63, 3.8) is 0 Å². The van der Waals surface area contributed by atoms with E-state index in [1.807, 2.05) is 32.9 Å². The average Bonchev–Trinajstić information content (AvgIpc) is 1.82. The van der Waals surface area contributed by atoms with Gasteiger partial charge in [-0.3, -0.25) is 0 Å². The average molecular weight is 203 g/mol. The van der Waals surface area contributed by atoms with Gasteiger partial charge >= 0.3 is 0 Å². The van der Waals surface area contributed by atoms with Crippen LogP contribution in [0.15, 0.2) is 12.1 Å². The molecule has 1 unspecified atom stereocenters. The summed E-state index contributed by atoms with van der Waals surface area (Å²) in [7, 11) is -1.48. The first kappa shape index (κ1) is 9.98. The molecule has 0 bridgehead atoms. The molecule has 0 fully saturated rings. The molecule has 12 heavy (non-hydrogen) atoms. The van der Waals surface area contributed by atoms with Gasteiger partial charge in [-0.2, -0.15) is 0 Å². The molecule has 0 saturated carbocycles. The Morgan fingerprint density at radius 2 is 1.58 bits per heavy atom. The van der Waals surface area contributed by atoms with Crippen LogP contribution in [0.4, 0.5) is 0 Å². The summed E-state index contributed by atoms with van der Waals surface area (Å²) in [5.41, 5.74) is 3.37. The quantitative estimate of drug-likeness (QED) is 0.695. The fourth-order valence-electron chi connectivity index (χ4n) is 1.46. The minimum absolute atomic E-state index is 0.900. The highest BCUT2D eigenvalue weighted by atomic mass is 35.7. The first-order valence-corrected chi connectivity index (χ1v) is 5.95. The highest BCUT2D eigenvalue weighted by Crippen LogP contribution is 2.37. The minimum atomic E-state index is -1.48. The van der Waals surface area contributed by atoms with Crippen LogP contribution >= 0.6 is 18.7 Å². The van der Waals surface area contributed by atoms with E-state index in [9.17, 15) is 4.89 Å². The molecular weight excluding hydrogens is 191 g/mol. The van der Waals surface area contributed by atoms with Crippen LogP contribution < -0.4 is 5.30 Å². The lowest BCUT2D eigenvalue weighted by Gasteiger charge is -2.10. The van der Waals surface area contributed by atoms with E-state index >= 15 is 0 Å². The van der Waals surface area contributed by atoms with Crippen molar-refractivity contribution in [3.8, 4) is 0 Å². The van der Waals surface area contributed by atoms with E-state index in [1.165, 1.54) is 5.56 Å². The van der Waals surface area contributed by atoms with Gasteiger partial charge in [0.05, 0.1) is 0 Å². The minimum Gasteiger partial charge on any atom is -0.356 e. The van der Waals surface area contributed by atoms with E-state index in [1.54, 1.807) is 0 Å². The van der Waals surface area contributed by atoms with Gasteiger partial charge in [-0.15, -0.1) is 0 Å². The Kier molecular flexibility index (Phi) is 3.11. The van der Waals surface area contributed by atoms with Crippen molar-refractivity contribution in [2.24, 2.45) is 0 Å². The molecule has 0 spiro atoms. The Morgan fingerprint density at radius 3 is 1.92 bits per heavy atom. The summed E-state index contributed by atoms with van der Waals surface area (Å²) in [6.45, 7) is 5.99. The van der Waals surface area contributed by atoms with E-state index in [4.69, 9.17) is 11.2 Å². The second kappa shape index (κ2) is 3.74. The Labute approximate surface area is 79.0 Å². The number of benzene rings is 1. The van der Waals surface area contributed by atoms with E-state index < -0.39 is 7.50 Å². The van der Waals surface area contributed by atoms with Gasteiger partial charge < -0.3 is 4.89 Å². The van der Waals surface area contributed by atoms with Crippen LogP contribution in [0.5, 0.6) is 0 Å². The first-order valence-electron chi connectivity index (χ1n) is 3.75. The van der Waals surface area contributed by atoms with Gasteiger partial charge in [0.2, 0.25) is 0 Å². The van der Waals surface area contributed by atoms with Crippen LogP contribution in [-0.2, 0) is 0 Å². The van der Waals surface area contributed by atoms with Crippen molar-refractivity contribution in [1.82, 2.24) is 0 Å². The Balaban J connectivity index is 3.28. The predicted molar refractivity (Wildman–Crippen MR) is 55.3 cm³/mol. The van der Waals surface area contributed by atoms with Gasteiger partial charge in [-0.05, 0) is 31.9 Å². The number of rotatable bonds is 1. The number of hydrogen-bond donors (Lipinski definition) is 1. The lowest BCUT2D eigenvalue weighted by molar-refractivity contribution is 0.649. The molecule has 0 saturated heterocycles. The number of aryl methyl sites for hydroxylation is 3. The molecule has 1 rings (SSSR count). The Bertz CT molecular complexity index is 274. The zero-order chi connectivity index (χ0) is 9.30. The van der Waals surface area contributed by atoms with Crippen molar-refractivity contribution in [1.29, 1.82) is 0 Å². The smallest absolute Gasteiger partial charge is 0.155 e. The fourth-order valence-corrected chi connectivity index (χ4v) is 2.97. The van der Waals surface area contributed by atoms with Crippen LogP contribution in [0.25, 0.3) is 0 Å². The van der Waals surface area contributed by atoms with Gasteiger partial charge in [0.25, 0.3) is 0 Å². The lowest BCUT2D eigenvalue weighted by Crippen LogP contribution is -2.07. The Morgan fingerprint density at radius 1 is 1.17 bits per heavy atom. The molecular formula is C9H12ClOP. The number of hydrogen-bond acceptors (Lipinski definition) is 1. The third-order valence-corrected chi connectivity index (χ3v) is 3.40. The predicted octanol–water partition coefficient (Wildman–Crippen LogP) is 2.78. The fraction of sp³-hybridized carbons (Fsp3) is 0.333. The molecule has 3 heteroatoms. The molecule has 1 aromatic rings. The summed E-state index contributed by atoms with van der Waals surface area (Å²) in [5, 5.41) is 0.900. The zero-order valence-corrected chi connectivity index (χ0v) is 9.08. The Hall–Kier alpha value is -0.100. The molecule has 1 atom stereocenters. The monoisotopic (exact) mass is 202 g/mol. The van der Waals surface area contributed by atoms with Gasteiger partial charge in [-0.25, -0.2) is 0 Å². The van der Waals surface area contributed by atoms with E-state index in [0.717, 1.165) is 16.4 Å². The first-order chi connectivity index (χ1) is 5.52. The SMILES string of the molecule is Cc1cc(C)c(P(O)Cl)c(C)c1. The van der Waals surface area contributed by atoms with Crippen molar-refractivity contribution in [3.05, 3.63) is 28.8 Å². The molecule has 0 radical (unpaired) electrons. The standard InChI is InChI=1S/C9H12ClOP/c1-6-4-7(2)9(12(10)11)8(3)5-6/h4-5,11H,1-3H3. The maximum atomic E-state index is 9.31. The summed E-state index contributed by atoms with van der Waals surface area (Å²) in [6.07, 6.45) is 0. The van der Waals surface area contributed by atoms with Gasteiger partial charge in [0.1, 0.15) is 0 Å². The summed E-state index contributed by atoms with van der Waals surface area (Å²) < 4.78 is 0. The highest BCUT2D eigenvalue weighted by Gasteiger charge is 2.10. The third-order valence-electron chi connectivity index (χ3n) is 1.82. The molecule has 0 aliphatic carbocycles. The van der Waals surface area contributed by atoms with Crippen molar-refractivity contribution < 1.29 is 4.89 Å². The van der Waals surface area contributed by atoms with Crippen LogP contribution in [0.1, 0.15) is 16.7 Å². The number of halogens is 1. The van der Waals surface area contributed by atoms with E-state index in [-0.39, 0.29) is 0 Å². The molecule has 1 N–H and O–H groups in total. The van der Waals surface area contributed by atoms with E-state index in [0.29, 0.717) is 0 Å². The third kappa shape index (κ3) is 1.98. The molecule has 0 aliphatic heterocycles. The van der Waals surface area contributed by atoms with Crippen molar-refractivity contribution >= 4 is 24.0 Å². The molecule has 0 amide bonds. The summed E-state index contributed by atoms with van der Waals surface area (Å²) >= 11 is 5.69. The van der Waals surface area contributed by atoms with E-state index in [2.05, 4.69) is 0 Å². The second-order valence-corrected chi connectivity index (χ2v) is 4.94. The molecule has 0 aliphatic rings. The normalized spacial score (nSPS) is 13.1. The summed E-state index contributed by atoms with van der Waals surface area (Å²) in [4.78, 5) is 9.31. The maximum Gasteiger partial charge on any atom is 0.155 e. The molecule has 1 aromatic carbocycles. The van der Waals surface area contributed by atoms with Crippen LogP contribution in [-0.4, -0.2) is 4.89 Å². The van der Waals surface area contributed by atoms with Crippen LogP contribution in [0, 0.1) is 20.8 Å². The second-order valence-electron chi connectivity index (χ2n) is 3.01. The molecule has 0 aromatic heterocycles. The van der Waals surface area contributed by atoms with Crippen molar-refractivity contribution in [2.45, 2.75) is 20.8 Å². The summed E-state index contributed by atoms with van der Waals surface area (Å²) in [6, 6.07) is 4.08. The largest absolute Gasteiger partial charge is 0.356 e. The molecule has 66 valence electrons. The maximum absolute atomic E-state index is 9.31. The van der Waals surface area contributed by atoms with Crippen molar-refractivity contribution in [2.75, 3.05) is 0 Å². The lowest BCUT2D eigenvalue weighted by atomic mass is 10.1. The highest BCUT2D eigenvalue weighted by molar-refractivity contribution is 7.85. The molecule has 0 heterocycles. The topological polar surface area (TPSA) is 20.2 Å². The summed E-state index contributed by atoms with van der Waals surface area (Å²) in [5.74, 6) is 0. The molecule has 1 nitrogen and oxygen atoms in total. The van der Waals surface area contributed by atoms with Gasteiger partial charge in [0.15, 0.2) is 7.50 Å². The van der Waals surface area contributed by atoms with Gasteiger partial charge in [-0.1, -0.05) is 28.9 Å². The zero-order valence-electron chi connectivity index (χ0n) is 7.43. The van der Waals surface area contributed by atoms with Crippen LogP contribution in [0.3, 0.4) is 0 Å². The van der Waals surface area contributed by atoms with Gasteiger partial charge in [0, 0.05) is 5.30 Å². The van der Waals surface area contributed by atoms with Crippen LogP contribution in [0.2, 0.25) is 0 Å².